The van der Waals surface area contributed by atoms with E-state index in [1.54, 1.807) is 0 Å². The second-order valence-corrected chi connectivity index (χ2v) is 7.90. The molecule has 6 heteroatoms. The highest BCUT2D eigenvalue weighted by atomic mass is 127. The molecule has 0 aromatic rings. The Morgan fingerprint density at radius 2 is 1.86 bits per heavy atom. The molecule has 0 unspecified atom stereocenters. The molecule has 82 valence electrons. The third-order valence-electron chi connectivity index (χ3n) is 1.12. The molecule has 14 heavy (non-hydrogen) atoms. The fourth-order valence-corrected chi connectivity index (χ4v) is 1.07. The minimum Gasteiger partial charge on any atom is -0.464 e. The number of carbonyl (C=O) groups excluding carboxylic acids is 1. The molecule has 0 aromatic carbocycles. The molecule has 0 spiro atoms. The summed E-state index contributed by atoms with van der Waals surface area (Å²) in [7, 11) is 0. The predicted octanol–water partition coefficient (Wildman–Crippen LogP) is 3.43. The Hall–Kier alpha value is 1.36. The molecule has 0 bridgehead atoms. The van der Waals surface area contributed by atoms with Crippen molar-refractivity contribution in [3.05, 3.63) is 5.17 Å². The second kappa shape index (κ2) is 9.58. The van der Waals surface area contributed by atoms with E-state index in [2.05, 4.69) is 67.8 Å². The molecule has 0 saturated carbocycles. The first-order valence-corrected chi connectivity index (χ1v) is 7.24. The van der Waals surface area contributed by atoms with Crippen LogP contribution in [0, 0.1) is 0 Å². The topological polar surface area (TPSA) is 35.5 Å². The zero-order chi connectivity index (χ0) is 11.0. The molecule has 0 saturated heterocycles. The van der Waals surface area contributed by atoms with Crippen LogP contribution in [0.2, 0.25) is 0 Å². The Labute approximate surface area is 125 Å². The third kappa shape index (κ3) is 8.65. The minimum absolute atomic E-state index is 0.0348. The van der Waals surface area contributed by atoms with Crippen molar-refractivity contribution in [3.63, 3.8) is 0 Å². The lowest BCUT2D eigenvalue weighted by Gasteiger charge is -2.04. The van der Waals surface area contributed by atoms with Crippen molar-refractivity contribution in [3.8, 4) is 0 Å². The van der Waals surface area contributed by atoms with Crippen molar-refractivity contribution < 1.29 is 14.3 Å². The average molecular weight is 536 g/mol. The first-order chi connectivity index (χ1) is 6.57. The molecule has 0 N–H and O–H groups in total. The lowest BCUT2D eigenvalue weighted by molar-refractivity contribution is -0.148. The Kier molecular flexibility index (Phi) is 10.5. The molecule has 0 aliphatic heterocycles. The Morgan fingerprint density at radius 1 is 1.21 bits per heavy atom. The van der Waals surface area contributed by atoms with E-state index in [1.807, 2.05) is 6.92 Å². The van der Waals surface area contributed by atoms with Crippen molar-refractivity contribution >= 4 is 73.7 Å². The molecule has 0 fully saturated rings. The fourth-order valence-electron chi connectivity index (χ4n) is 0.536. The molecule has 3 nitrogen and oxygen atoms in total. The quantitative estimate of drug-likeness (QED) is 0.386. The van der Waals surface area contributed by atoms with Gasteiger partial charge < -0.3 is 9.47 Å². The number of rotatable bonds is 6. The largest absolute Gasteiger partial charge is 0.464 e. The summed E-state index contributed by atoms with van der Waals surface area (Å²) in [6.45, 7) is 2.94. The summed E-state index contributed by atoms with van der Waals surface area (Å²) >= 11 is 6.62. The SMILES string of the molecule is CCCOC(=O)COCC(I)=C(I)I. The van der Waals surface area contributed by atoms with Crippen LogP contribution in [0.25, 0.3) is 0 Å². The fraction of sp³-hybridized carbons (Fsp3) is 0.625. The van der Waals surface area contributed by atoms with Crippen LogP contribution < -0.4 is 0 Å². The van der Waals surface area contributed by atoms with Gasteiger partial charge in [-0.2, -0.15) is 0 Å². The lowest BCUT2D eigenvalue weighted by atomic mass is 10.5. The van der Waals surface area contributed by atoms with Gasteiger partial charge in [-0.15, -0.1) is 0 Å². The smallest absolute Gasteiger partial charge is 0.332 e. The highest BCUT2D eigenvalue weighted by molar-refractivity contribution is 14.2. The maximum absolute atomic E-state index is 11.0. The predicted molar refractivity (Wildman–Crippen MR) is 81.2 cm³/mol. The zero-order valence-electron chi connectivity index (χ0n) is 7.69. The van der Waals surface area contributed by atoms with Crippen LogP contribution >= 0.6 is 67.8 Å². The third-order valence-corrected chi connectivity index (χ3v) is 5.34. The van der Waals surface area contributed by atoms with E-state index in [0.29, 0.717) is 13.2 Å². The zero-order valence-corrected chi connectivity index (χ0v) is 14.2. The van der Waals surface area contributed by atoms with Gasteiger partial charge in [0.25, 0.3) is 0 Å². The summed E-state index contributed by atoms with van der Waals surface area (Å²) in [5.74, 6) is -0.292. The molecular formula is C8H11I3O3. The number of hydrogen-bond acceptors (Lipinski definition) is 3. The van der Waals surface area contributed by atoms with Crippen LogP contribution in [0.15, 0.2) is 5.17 Å². The Bertz CT molecular complexity index is 212. The molecular weight excluding hydrogens is 525 g/mol. The highest BCUT2D eigenvalue weighted by Crippen LogP contribution is 2.25. The summed E-state index contributed by atoms with van der Waals surface area (Å²) in [6, 6.07) is 0. The van der Waals surface area contributed by atoms with Gasteiger partial charge in [0.05, 0.1) is 14.8 Å². The number of hydrogen-bond donors (Lipinski definition) is 0. The van der Waals surface area contributed by atoms with Gasteiger partial charge in [-0.25, -0.2) is 4.79 Å². The summed E-state index contributed by atoms with van der Waals surface area (Å²) in [6.07, 6.45) is 0.842. The lowest BCUT2D eigenvalue weighted by Crippen LogP contribution is -2.13. The van der Waals surface area contributed by atoms with Crippen LogP contribution in [-0.4, -0.2) is 25.8 Å². The summed E-state index contributed by atoms with van der Waals surface area (Å²) in [5, 5.41) is 0. The van der Waals surface area contributed by atoms with E-state index in [4.69, 9.17) is 9.47 Å². The van der Waals surface area contributed by atoms with Gasteiger partial charge in [0.1, 0.15) is 6.61 Å². The summed E-state index contributed by atoms with van der Waals surface area (Å²) in [4.78, 5) is 11.0. The maximum atomic E-state index is 11.0. The molecule has 0 aromatic heterocycles. The average Bonchev–Trinajstić information content (AvgIpc) is 2.14. The molecule has 0 heterocycles. The highest BCUT2D eigenvalue weighted by Gasteiger charge is 2.03. The van der Waals surface area contributed by atoms with Crippen LogP contribution in [0.1, 0.15) is 13.3 Å². The second-order valence-electron chi connectivity index (χ2n) is 2.38. The molecule has 0 rings (SSSR count). The van der Waals surface area contributed by atoms with Crippen molar-refractivity contribution in [1.82, 2.24) is 0 Å². The summed E-state index contributed by atoms with van der Waals surface area (Å²) < 4.78 is 12.3. The standard InChI is InChI=1S/C8H11I3O3/c1-2-3-14-7(12)5-13-4-6(9)8(10)11/h2-5H2,1H3. The van der Waals surface area contributed by atoms with Gasteiger partial charge in [-0.1, -0.05) is 6.92 Å². The van der Waals surface area contributed by atoms with Crippen LogP contribution in [0.5, 0.6) is 0 Å². The first kappa shape index (κ1) is 15.4. The van der Waals surface area contributed by atoms with Crippen LogP contribution in [0.4, 0.5) is 0 Å². The Balaban J connectivity index is 3.54. The van der Waals surface area contributed by atoms with E-state index in [9.17, 15) is 4.79 Å². The van der Waals surface area contributed by atoms with Crippen LogP contribution in [0.3, 0.4) is 0 Å². The summed E-state index contributed by atoms with van der Waals surface area (Å²) in [5.41, 5.74) is 0. The Morgan fingerprint density at radius 3 is 2.36 bits per heavy atom. The van der Waals surface area contributed by atoms with E-state index < -0.39 is 0 Å². The van der Waals surface area contributed by atoms with E-state index >= 15 is 0 Å². The number of ether oxygens (including phenoxy) is 2. The van der Waals surface area contributed by atoms with Gasteiger partial charge in [0.15, 0.2) is 0 Å². The number of halogens is 3. The molecule has 0 radical (unpaired) electrons. The van der Waals surface area contributed by atoms with Gasteiger partial charge >= 0.3 is 5.97 Å². The molecule has 0 aliphatic rings. The monoisotopic (exact) mass is 536 g/mol. The van der Waals surface area contributed by atoms with E-state index in [-0.39, 0.29) is 12.6 Å². The first-order valence-electron chi connectivity index (χ1n) is 4.01. The molecule has 0 aliphatic carbocycles. The normalized spacial score (nSPS) is 9.71. The van der Waals surface area contributed by atoms with Crippen LogP contribution in [-0.2, 0) is 14.3 Å². The van der Waals surface area contributed by atoms with Crippen molar-refractivity contribution in [2.24, 2.45) is 0 Å². The van der Waals surface area contributed by atoms with Gasteiger partial charge in [-0.05, 0) is 74.2 Å². The van der Waals surface area contributed by atoms with Crippen molar-refractivity contribution in [2.45, 2.75) is 13.3 Å². The van der Waals surface area contributed by atoms with E-state index in [0.717, 1.165) is 11.6 Å². The van der Waals surface area contributed by atoms with E-state index in [1.165, 1.54) is 0 Å². The number of carbonyl (C=O) groups is 1. The number of esters is 1. The van der Waals surface area contributed by atoms with Crippen molar-refractivity contribution in [1.29, 1.82) is 0 Å². The molecule has 0 atom stereocenters. The minimum atomic E-state index is -0.292. The van der Waals surface area contributed by atoms with Gasteiger partial charge in [0.2, 0.25) is 0 Å². The molecule has 0 amide bonds. The van der Waals surface area contributed by atoms with Gasteiger partial charge in [0, 0.05) is 3.58 Å². The maximum Gasteiger partial charge on any atom is 0.332 e. The van der Waals surface area contributed by atoms with Crippen molar-refractivity contribution in [2.75, 3.05) is 19.8 Å². The van der Waals surface area contributed by atoms with Gasteiger partial charge in [-0.3, -0.25) is 0 Å².